The molecule has 0 saturated heterocycles. The van der Waals surface area contributed by atoms with E-state index in [1.807, 2.05) is 25.1 Å². The Balaban J connectivity index is 2.12. The van der Waals surface area contributed by atoms with Crippen LogP contribution in [0.2, 0.25) is 0 Å². The van der Waals surface area contributed by atoms with Gasteiger partial charge in [0.05, 0.1) is 12.2 Å². The second kappa shape index (κ2) is 4.43. The summed E-state index contributed by atoms with van der Waals surface area (Å²) >= 11 is 0. The maximum absolute atomic E-state index is 11.2. The number of benzene rings is 2. The van der Waals surface area contributed by atoms with E-state index in [0.29, 0.717) is 5.56 Å². The lowest BCUT2D eigenvalue weighted by Crippen LogP contribution is -2.00. The molecule has 0 unspecified atom stereocenters. The summed E-state index contributed by atoms with van der Waals surface area (Å²) in [4.78, 5) is 11.2. The molecule has 1 N–H and O–H groups in total. The number of fused-ring (bicyclic) bond motifs is 1. The van der Waals surface area contributed by atoms with Gasteiger partial charge in [0.15, 0.2) is 0 Å². The Kier molecular flexibility index (Phi) is 2.75. The average Bonchev–Trinajstić information content (AvgIpc) is 2.85. The van der Waals surface area contributed by atoms with Gasteiger partial charge in [-0.2, -0.15) is 0 Å². The van der Waals surface area contributed by atoms with Crippen molar-refractivity contribution in [2.45, 2.75) is 13.3 Å². The lowest BCUT2D eigenvalue weighted by molar-refractivity contribution is 0.0696. The zero-order valence-corrected chi connectivity index (χ0v) is 10.6. The van der Waals surface area contributed by atoms with Gasteiger partial charge in [0.1, 0.15) is 5.75 Å². The molecule has 0 saturated carbocycles. The minimum Gasteiger partial charge on any atom is -0.493 e. The number of carbonyl (C=O) groups is 1. The van der Waals surface area contributed by atoms with Gasteiger partial charge in [0.2, 0.25) is 0 Å². The molecule has 0 bridgehead atoms. The fourth-order valence-corrected chi connectivity index (χ4v) is 2.53. The zero-order chi connectivity index (χ0) is 13.4. The highest BCUT2D eigenvalue weighted by molar-refractivity contribution is 5.92. The highest BCUT2D eigenvalue weighted by atomic mass is 16.5. The Bertz CT molecular complexity index is 659. The van der Waals surface area contributed by atoms with E-state index in [1.165, 1.54) is 5.56 Å². The van der Waals surface area contributed by atoms with Gasteiger partial charge < -0.3 is 9.84 Å². The fraction of sp³-hybridized carbons (Fsp3) is 0.188. The molecule has 0 radical (unpaired) electrons. The van der Waals surface area contributed by atoms with Crippen molar-refractivity contribution in [3.8, 4) is 16.9 Å². The molecule has 1 heterocycles. The number of carboxylic acid groups (broad SMARTS) is 1. The van der Waals surface area contributed by atoms with Crippen LogP contribution < -0.4 is 4.74 Å². The van der Waals surface area contributed by atoms with Crippen molar-refractivity contribution in [1.82, 2.24) is 0 Å². The first-order valence-electron chi connectivity index (χ1n) is 6.26. The van der Waals surface area contributed by atoms with Crippen LogP contribution in [0.25, 0.3) is 11.1 Å². The third-order valence-corrected chi connectivity index (χ3v) is 3.56. The van der Waals surface area contributed by atoms with E-state index < -0.39 is 5.97 Å². The summed E-state index contributed by atoms with van der Waals surface area (Å²) in [7, 11) is 0. The van der Waals surface area contributed by atoms with Crippen LogP contribution in [0.3, 0.4) is 0 Å². The molecule has 1 aliphatic rings. The lowest BCUT2D eigenvalue weighted by atomic mass is 9.95. The first-order valence-corrected chi connectivity index (χ1v) is 6.26. The average molecular weight is 254 g/mol. The molecule has 0 spiro atoms. The normalized spacial score (nSPS) is 12.9. The highest BCUT2D eigenvalue weighted by Crippen LogP contribution is 2.32. The molecule has 19 heavy (non-hydrogen) atoms. The molecule has 0 amide bonds. The minimum atomic E-state index is -0.885. The third kappa shape index (κ3) is 1.97. The summed E-state index contributed by atoms with van der Waals surface area (Å²) in [6, 6.07) is 11.4. The number of carboxylic acids is 1. The molecule has 2 aromatic rings. The quantitative estimate of drug-likeness (QED) is 0.894. The molecule has 0 atom stereocenters. The third-order valence-electron chi connectivity index (χ3n) is 3.56. The summed E-state index contributed by atoms with van der Waals surface area (Å²) in [5.74, 6) is 0.0552. The Hall–Kier alpha value is -2.29. The summed E-state index contributed by atoms with van der Waals surface area (Å²) in [5.41, 5.74) is 4.36. The zero-order valence-electron chi connectivity index (χ0n) is 10.6. The predicted molar refractivity (Wildman–Crippen MR) is 72.8 cm³/mol. The van der Waals surface area contributed by atoms with E-state index >= 15 is 0 Å². The summed E-state index contributed by atoms with van der Waals surface area (Å²) in [6.07, 6.45) is 0.918. The lowest BCUT2D eigenvalue weighted by Gasteiger charge is -2.10. The second-order valence-electron chi connectivity index (χ2n) is 4.70. The topological polar surface area (TPSA) is 46.5 Å². The Morgan fingerprint density at radius 1 is 1.26 bits per heavy atom. The van der Waals surface area contributed by atoms with Crippen molar-refractivity contribution >= 4 is 5.97 Å². The molecule has 3 nitrogen and oxygen atoms in total. The van der Waals surface area contributed by atoms with Crippen molar-refractivity contribution in [2.75, 3.05) is 6.61 Å². The standard InChI is InChI=1S/C16H14O3/c1-10-13(3-2-4-14(10)16(17)18)11-5-6-15-12(9-11)7-8-19-15/h2-6,9H,7-8H2,1H3,(H,17,18). The number of aromatic carboxylic acids is 1. The number of rotatable bonds is 2. The van der Waals surface area contributed by atoms with Crippen molar-refractivity contribution in [1.29, 1.82) is 0 Å². The van der Waals surface area contributed by atoms with Gasteiger partial charge in [-0.05, 0) is 47.4 Å². The Morgan fingerprint density at radius 3 is 2.89 bits per heavy atom. The van der Waals surface area contributed by atoms with Gasteiger partial charge in [-0.3, -0.25) is 0 Å². The van der Waals surface area contributed by atoms with Crippen LogP contribution >= 0.6 is 0 Å². The minimum absolute atomic E-state index is 0.356. The molecule has 0 aromatic heterocycles. The molecule has 2 aromatic carbocycles. The van der Waals surface area contributed by atoms with Crippen molar-refractivity contribution in [3.05, 3.63) is 53.1 Å². The summed E-state index contributed by atoms with van der Waals surface area (Å²) < 4.78 is 5.49. The largest absolute Gasteiger partial charge is 0.493 e. The SMILES string of the molecule is Cc1c(C(=O)O)cccc1-c1ccc2c(c1)CCO2. The second-order valence-corrected chi connectivity index (χ2v) is 4.70. The highest BCUT2D eigenvalue weighted by Gasteiger charge is 2.15. The number of hydrogen-bond donors (Lipinski definition) is 1. The van der Waals surface area contributed by atoms with Gasteiger partial charge in [0, 0.05) is 6.42 Å². The van der Waals surface area contributed by atoms with Crippen LogP contribution in [-0.2, 0) is 6.42 Å². The molecule has 1 aliphatic heterocycles. The first-order chi connectivity index (χ1) is 9.16. The van der Waals surface area contributed by atoms with Crippen molar-refractivity contribution in [2.24, 2.45) is 0 Å². The van der Waals surface area contributed by atoms with Crippen LogP contribution in [0.4, 0.5) is 0 Å². The van der Waals surface area contributed by atoms with Gasteiger partial charge in [-0.15, -0.1) is 0 Å². The number of ether oxygens (including phenoxy) is 1. The molecule has 0 fully saturated rings. The van der Waals surface area contributed by atoms with E-state index in [0.717, 1.165) is 35.5 Å². The van der Waals surface area contributed by atoms with Crippen LogP contribution in [0.15, 0.2) is 36.4 Å². The van der Waals surface area contributed by atoms with E-state index in [1.54, 1.807) is 12.1 Å². The predicted octanol–water partition coefficient (Wildman–Crippen LogP) is 3.30. The fourth-order valence-electron chi connectivity index (χ4n) is 2.53. The molecule has 0 aliphatic carbocycles. The van der Waals surface area contributed by atoms with Crippen LogP contribution in [0.1, 0.15) is 21.5 Å². The van der Waals surface area contributed by atoms with Gasteiger partial charge in [-0.25, -0.2) is 4.79 Å². The molecule has 96 valence electrons. The van der Waals surface area contributed by atoms with Gasteiger partial charge in [0.25, 0.3) is 0 Å². The van der Waals surface area contributed by atoms with E-state index in [2.05, 4.69) is 6.07 Å². The van der Waals surface area contributed by atoms with E-state index in [-0.39, 0.29) is 0 Å². The van der Waals surface area contributed by atoms with Crippen LogP contribution in [0, 0.1) is 6.92 Å². The van der Waals surface area contributed by atoms with Crippen molar-refractivity contribution in [3.63, 3.8) is 0 Å². The molecular weight excluding hydrogens is 240 g/mol. The van der Waals surface area contributed by atoms with Crippen molar-refractivity contribution < 1.29 is 14.6 Å². The summed E-state index contributed by atoms with van der Waals surface area (Å²) in [5, 5.41) is 9.17. The monoisotopic (exact) mass is 254 g/mol. The molecular formula is C16H14O3. The van der Waals surface area contributed by atoms with Gasteiger partial charge in [-0.1, -0.05) is 18.2 Å². The maximum Gasteiger partial charge on any atom is 0.335 e. The number of hydrogen-bond acceptors (Lipinski definition) is 2. The van der Waals surface area contributed by atoms with Crippen LogP contribution in [0.5, 0.6) is 5.75 Å². The smallest absolute Gasteiger partial charge is 0.335 e. The Labute approximate surface area is 111 Å². The van der Waals surface area contributed by atoms with Crippen LogP contribution in [-0.4, -0.2) is 17.7 Å². The first kappa shape index (κ1) is 11.8. The van der Waals surface area contributed by atoms with E-state index in [4.69, 9.17) is 4.74 Å². The summed E-state index contributed by atoms with van der Waals surface area (Å²) in [6.45, 7) is 2.58. The molecule has 3 rings (SSSR count). The maximum atomic E-state index is 11.2. The van der Waals surface area contributed by atoms with E-state index in [9.17, 15) is 9.90 Å². The molecule has 3 heteroatoms. The van der Waals surface area contributed by atoms with Gasteiger partial charge >= 0.3 is 5.97 Å². The Morgan fingerprint density at radius 2 is 2.11 bits per heavy atom.